The third-order valence-corrected chi connectivity index (χ3v) is 3.75. The molecule has 114 valence electrons. The second-order valence-corrected chi connectivity index (χ2v) is 6.49. The number of nitrogens with one attached hydrogen (secondary N) is 1. The van der Waals surface area contributed by atoms with Gasteiger partial charge in [-0.15, -0.1) is 0 Å². The second-order valence-electron chi connectivity index (χ2n) is 6.49. The normalized spacial score (nSPS) is 19.5. The number of carbonyl (C=O) groups is 2. The Balaban J connectivity index is 1.98. The molecule has 1 aromatic rings. The van der Waals surface area contributed by atoms with Crippen molar-refractivity contribution < 1.29 is 14.3 Å². The first kappa shape index (κ1) is 15.7. The van der Waals surface area contributed by atoms with Gasteiger partial charge in [0.1, 0.15) is 12.1 Å². The highest BCUT2D eigenvalue weighted by Crippen LogP contribution is 2.20. The maximum atomic E-state index is 12.1. The van der Waals surface area contributed by atoms with Gasteiger partial charge in [-0.3, -0.25) is 5.32 Å². The first-order valence-corrected chi connectivity index (χ1v) is 7.10. The van der Waals surface area contributed by atoms with Crippen LogP contribution in [-0.2, 0) is 27.3 Å². The maximum absolute atomic E-state index is 12.1. The van der Waals surface area contributed by atoms with Crippen molar-refractivity contribution in [2.75, 3.05) is 0 Å². The Kier molecular flexibility index (Phi) is 4.44. The Bertz CT molecular complexity index is 549. The van der Waals surface area contributed by atoms with Crippen LogP contribution < -0.4 is 11.1 Å². The Morgan fingerprint density at radius 2 is 1.90 bits per heavy atom. The number of hydrogen-bond acceptors (Lipinski definition) is 5. The van der Waals surface area contributed by atoms with Gasteiger partial charge < -0.3 is 10.5 Å². The van der Waals surface area contributed by atoms with Gasteiger partial charge >= 0.3 is 11.9 Å². The largest absolute Gasteiger partial charge is 0.391 e. The van der Waals surface area contributed by atoms with Crippen LogP contribution in [0.4, 0.5) is 0 Å². The molecule has 0 saturated carbocycles. The molecule has 1 aliphatic heterocycles. The minimum Gasteiger partial charge on any atom is -0.391 e. The van der Waals surface area contributed by atoms with Gasteiger partial charge in [0.2, 0.25) is 0 Å². The summed E-state index contributed by atoms with van der Waals surface area (Å²) in [6.45, 7) is 6.09. The van der Waals surface area contributed by atoms with Crippen LogP contribution in [0.15, 0.2) is 24.3 Å². The summed E-state index contributed by atoms with van der Waals surface area (Å²) in [7, 11) is 0. The summed E-state index contributed by atoms with van der Waals surface area (Å²) in [5, 5.41) is 3.09. The highest BCUT2D eigenvalue weighted by Gasteiger charge is 2.33. The molecule has 0 radical (unpaired) electrons. The lowest BCUT2D eigenvalue weighted by Crippen LogP contribution is -2.48. The number of carbonyl (C=O) groups excluding carboxylic acids is 2. The van der Waals surface area contributed by atoms with Gasteiger partial charge in [0.15, 0.2) is 0 Å². The van der Waals surface area contributed by atoms with E-state index < -0.39 is 29.4 Å². The number of fused-ring (bicyclic) bond motifs is 1. The fraction of sp³-hybridized carbons (Fsp3) is 0.500. The standard InChI is InChI=1S/C16H22N2O3/c1-16(2,3)13(17)15(20)21-14(19)12-8-10-6-4-5-7-11(10)9-18-12/h4-7,12-13,18H,8-9,17H2,1-3H3/t12-,13?/m0/s1. The van der Waals surface area contributed by atoms with Crippen molar-refractivity contribution in [2.45, 2.75) is 45.8 Å². The molecular weight excluding hydrogens is 268 g/mol. The zero-order valence-electron chi connectivity index (χ0n) is 12.7. The van der Waals surface area contributed by atoms with E-state index in [2.05, 4.69) is 5.32 Å². The lowest BCUT2D eigenvalue weighted by atomic mass is 9.87. The van der Waals surface area contributed by atoms with Crippen molar-refractivity contribution in [2.24, 2.45) is 11.1 Å². The summed E-state index contributed by atoms with van der Waals surface area (Å²) in [6, 6.07) is 6.58. The highest BCUT2D eigenvalue weighted by molar-refractivity contribution is 5.91. The summed E-state index contributed by atoms with van der Waals surface area (Å²) in [6.07, 6.45) is 0.521. The van der Waals surface area contributed by atoms with Crippen LogP contribution in [0.5, 0.6) is 0 Å². The van der Waals surface area contributed by atoms with Crippen LogP contribution in [0, 0.1) is 5.41 Å². The molecule has 3 N–H and O–H groups in total. The van der Waals surface area contributed by atoms with Gasteiger partial charge in [-0.05, 0) is 23.0 Å². The second kappa shape index (κ2) is 5.95. The van der Waals surface area contributed by atoms with Gasteiger partial charge in [-0.25, -0.2) is 9.59 Å². The molecule has 0 aromatic heterocycles. The Hall–Kier alpha value is -1.72. The highest BCUT2D eigenvalue weighted by atomic mass is 16.6. The van der Waals surface area contributed by atoms with E-state index in [1.165, 1.54) is 5.56 Å². The topological polar surface area (TPSA) is 81.4 Å². The molecule has 0 bridgehead atoms. The van der Waals surface area contributed by atoms with Gasteiger partial charge in [0, 0.05) is 6.54 Å². The molecule has 0 aliphatic carbocycles. The Morgan fingerprint density at radius 1 is 1.29 bits per heavy atom. The molecule has 1 aromatic carbocycles. The molecule has 0 spiro atoms. The maximum Gasteiger partial charge on any atom is 0.331 e. The van der Waals surface area contributed by atoms with Crippen LogP contribution in [0.1, 0.15) is 31.9 Å². The lowest BCUT2D eigenvalue weighted by Gasteiger charge is -2.27. The molecule has 1 heterocycles. The summed E-state index contributed by atoms with van der Waals surface area (Å²) in [5.74, 6) is -1.23. The molecule has 0 amide bonds. The molecule has 2 atom stereocenters. The van der Waals surface area contributed by atoms with Crippen molar-refractivity contribution in [3.63, 3.8) is 0 Å². The van der Waals surface area contributed by atoms with Crippen LogP contribution >= 0.6 is 0 Å². The Morgan fingerprint density at radius 3 is 2.52 bits per heavy atom. The average molecular weight is 290 g/mol. The number of rotatable bonds is 2. The molecule has 21 heavy (non-hydrogen) atoms. The molecule has 2 rings (SSSR count). The summed E-state index contributed by atoms with van der Waals surface area (Å²) < 4.78 is 4.93. The van der Waals surface area contributed by atoms with Crippen LogP contribution in [0.3, 0.4) is 0 Å². The van der Waals surface area contributed by atoms with Crippen molar-refractivity contribution in [1.29, 1.82) is 0 Å². The summed E-state index contributed by atoms with van der Waals surface area (Å²) in [5.41, 5.74) is 7.63. The predicted molar refractivity (Wildman–Crippen MR) is 79.3 cm³/mol. The summed E-state index contributed by atoms with van der Waals surface area (Å²) in [4.78, 5) is 24.0. The zero-order valence-corrected chi connectivity index (χ0v) is 12.7. The number of ether oxygens (including phenoxy) is 1. The van der Waals surface area contributed by atoms with E-state index in [0.717, 1.165) is 5.56 Å². The van der Waals surface area contributed by atoms with E-state index in [-0.39, 0.29) is 0 Å². The zero-order chi connectivity index (χ0) is 15.6. The van der Waals surface area contributed by atoms with E-state index in [1.54, 1.807) is 0 Å². The number of benzene rings is 1. The van der Waals surface area contributed by atoms with Crippen molar-refractivity contribution in [3.05, 3.63) is 35.4 Å². The van der Waals surface area contributed by atoms with E-state index >= 15 is 0 Å². The minimum atomic E-state index is -0.822. The molecule has 0 saturated heterocycles. The molecule has 5 heteroatoms. The average Bonchev–Trinajstić information content (AvgIpc) is 2.44. The van der Waals surface area contributed by atoms with Gasteiger partial charge in [0.05, 0.1) is 0 Å². The van der Waals surface area contributed by atoms with Gasteiger partial charge in [0.25, 0.3) is 0 Å². The fourth-order valence-electron chi connectivity index (χ4n) is 2.21. The molecule has 1 unspecified atom stereocenters. The van der Waals surface area contributed by atoms with Crippen molar-refractivity contribution in [3.8, 4) is 0 Å². The van der Waals surface area contributed by atoms with Crippen LogP contribution in [0.2, 0.25) is 0 Å². The van der Waals surface area contributed by atoms with E-state index in [0.29, 0.717) is 13.0 Å². The van der Waals surface area contributed by atoms with Crippen molar-refractivity contribution >= 4 is 11.9 Å². The molecule has 1 aliphatic rings. The predicted octanol–water partition coefficient (Wildman–Crippen LogP) is 1.14. The first-order chi connectivity index (χ1) is 9.79. The third kappa shape index (κ3) is 3.68. The molecule has 0 fully saturated rings. The van der Waals surface area contributed by atoms with Crippen molar-refractivity contribution in [1.82, 2.24) is 5.32 Å². The van der Waals surface area contributed by atoms with Crippen LogP contribution in [0.25, 0.3) is 0 Å². The third-order valence-electron chi connectivity index (χ3n) is 3.75. The van der Waals surface area contributed by atoms with E-state index in [9.17, 15) is 9.59 Å². The van der Waals surface area contributed by atoms with Gasteiger partial charge in [-0.2, -0.15) is 0 Å². The monoisotopic (exact) mass is 290 g/mol. The lowest BCUT2D eigenvalue weighted by molar-refractivity contribution is -0.163. The number of hydrogen-bond donors (Lipinski definition) is 2. The molecular formula is C16H22N2O3. The number of esters is 2. The molecule has 5 nitrogen and oxygen atoms in total. The van der Waals surface area contributed by atoms with Crippen LogP contribution in [-0.4, -0.2) is 24.0 Å². The quantitative estimate of drug-likeness (QED) is 0.630. The smallest absolute Gasteiger partial charge is 0.331 e. The first-order valence-electron chi connectivity index (χ1n) is 7.10. The van der Waals surface area contributed by atoms with E-state index in [4.69, 9.17) is 10.5 Å². The fourth-order valence-corrected chi connectivity index (χ4v) is 2.21. The Labute approximate surface area is 124 Å². The minimum absolute atomic E-state index is 0.441. The van der Waals surface area contributed by atoms with Gasteiger partial charge in [-0.1, -0.05) is 45.0 Å². The summed E-state index contributed by atoms with van der Waals surface area (Å²) >= 11 is 0. The van der Waals surface area contributed by atoms with E-state index in [1.807, 2.05) is 45.0 Å². The SMILES string of the molecule is CC(C)(C)C(N)C(=O)OC(=O)[C@@H]1Cc2ccccc2CN1. The number of nitrogens with two attached hydrogens (primary N) is 1.